The lowest BCUT2D eigenvalue weighted by atomic mass is 9.99. The monoisotopic (exact) mass is 237 g/mol. The molecule has 6 nitrogen and oxygen atoms in total. The van der Waals surface area contributed by atoms with Gasteiger partial charge >= 0.3 is 0 Å². The highest BCUT2D eigenvalue weighted by Crippen LogP contribution is 2.18. The van der Waals surface area contributed by atoms with Crippen LogP contribution in [0.1, 0.15) is 37.7 Å². The number of aromatic nitrogens is 2. The molecule has 94 valence electrons. The van der Waals surface area contributed by atoms with Gasteiger partial charge in [-0.1, -0.05) is 6.92 Å². The van der Waals surface area contributed by atoms with E-state index in [1.165, 1.54) is 0 Å². The highest BCUT2D eigenvalue weighted by Gasteiger charge is 2.27. The van der Waals surface area contributed by atoms with Crippen molar-refractivity contribution in [2.45, 2.75) is 32.7 Å². The van der Waals surface area contributed by atoms with Crippen LogP contribution in [0.5, 0.6) is 0 Å². The minimum absolute atomic E-state index is 0.145. The number of hydrazine groups is 1. The Labute approximate surface area is 101 Å². The molecule has 0 radical (unpaired) electrons. The van der Waals surface area contributed by atoms with Crippen molar-refractivity contribution in [3.05, 3.63) is 17.8 Å². The summed E-state index contributed by atoms with van der Waals surface area (Å²) in [6.45, 7) is 6.05. The van der Waals surface area contributed by atoms with E-state index in [9.17, 15) is 4.79 Å². The number of carbonyl (C=O) groups is 1. The van der Waals surface area contributed by atoms with Gasteiger partial charge in [0, 0.05) is 12.6 Å². The van der Waals surface area contributed by atoms with Gasteiger partial charge in [-0.05, 0) is 32.4 Å². The Hall–Kier alpha value is -1.69. The maximum atomic E-state index is 12.1. The first-order chi connectivity index (χ1) is 7.92. The first-order valence-corrected chi connectivity index (χ1v) is 5.51. The highest BCUT2D eigenvalue weighted by molar-refractivity contribution is 5.92. The van der Waals surface area contributed by atoms with Crippen LogP contribution in [-0.4, -0.2) is 33.6 Å². The lowest BCUT2D eigenvalue weighted by Crippen LogP contribution is -2.44. The minimum atomic E-state index is -0.205. The summed E-state index contributed by atoms with van der Waals surface area (Å²) in [6, 6.07) is 3.22. The molecular weight excluding hydrogens is 218 g/mol. The molecule has 1 aromatic heterocycles. The minimum Gasteiger partial charge on any atom is -0.335 e. The second kappa shape index (κ2) is 5.09. The normalized spacial score (nSPS) is 11.1. The molecule has 0 spiro atoms. The number of nitrogens with zero attached hydrogens (tertiary/aromatic N) is 3. The second-order valence-electron chi connectivity index (χ2n) is 4.48. The van der Waals surface area contributed by atoms with Gasteiger partial charge in [-0.25, -0.2) is 5.84 Å². The summed E-state index contributed by atoms with van der Waals surface area (Å²) in [5, 5.41) is 7.61. The molecule has 0 saturated heterocycles. The van der Waals surface area contributed by atoms with Gasteiger partial charge in [-0.3, -0.25) is 4.79 Å². The summed E-state index contributed by atoms with van der Waals surface area (Å²) in [4.78, 5) is 13.8. The van der Waals surface area contributed by atoms with E-state index in [0.29, 0.717) is 11.5 Å². The zero-order valence-electron chi connectivity index (χ0n) is 10.7. The Morgan fingerprint density at radius 2 is 2.12 bits per heavy atom. The Bertz CT molecular complexity index is 387. The van der Waals surface area contributed by atoms with E-state index < -0.39 is 0 Å². The third-order valence-corrected chi connectivity index (χ3v) is 3.11. The summed E-state index contributed by atoms with van der Waals surface area (Å²) < 4.78 is 0. The molecule has 0 atom stereocenters. The molecule has 0 aliphatic rings. The number of amides is 1. The van der Waals surface area contributed by atoms with Crippen molar-refractivity contribution in [2.75, 3.05) is 12.5 Å². The van der Waals surface area contributed by atoms with Gasteiger partial charge in [0.05, 0.1) is 0 Å². The van der Waals surface area contributed by atoms with Gasteiger partial charge in [-0.15, -0.1) is 10.2 Å². The molecule has 0 saturated carbocycles. The number of anilines is 1. The third kappa shape index (κ3) is 2.91. The Morgan fingerprint density at radius 1 is 1.47 bits per heavy atom. The van der Waals surface area contributed by atoms with Crippen molar-refractivity contribution < 1.29 is 4.79 Å². The molecule has 0 unspecified atom stereocenters. The van der Waals surface area contributed by atoms with E-state index in [-0.39, 0.29) is 11.4 Å². The van der Waals surface area contributed by atoms with Crippen molar-refractivity contribution in [1.82, 2.24) is 15.1 Å². The van der Waals surface area contributed by atoms with Crippen LogP contribution < -0.4 is 11.3 Å². The first-order valence-electron chi connectivity index (χ1n) is 5.51. The predicted molar refractivity (Wildman–Crippen MR) is 66.3 cm³/mol. The Morgan fingerprint density at radius 3 is 2.53 bits per heavy atom. The molecule has 1 amide bonds. The number of rotatable bonds is 4. The number of hydrogen-bond acceptors (Lipinski definition) is 5. The smallest absolute Gasteiger partial charge is 0.274 e. The quantitative estimate of drug-likeness (QED) is 0.603. The lowest BCUT2D eigenvalue weighted by molar-refractivity contribution is 0.0613. The fourth-order valence-corrected chi connectivity index (χ4v) is 1.21. The number of nitrogens with two attached hydrogens (primary N) is 1. The molecule has 0 bridgehead atoms. The van der Waals surface area contributed by atoms with Crippen molar-refractivity contribution in [2.24, 2.45) is 5.84 Å². The van der Waals surface area contributed by atoms with Gasteiger partial charge in [0.25, 0.3) is 5.91 Å². The molecule has 0 aromatic carbocycles. The predicted octanol–water partition coefficient (Wildman–Crippen LogP) is 1.02. The third-order valence-electron chi connectivity index (χ3n) is 3.11. The Balaban J connectivity index is 2.89. The van der Waals surface area contributed by atoms with Crippen LogP contribution in [0.25, 0.3) is 0 Å². The van der Waals surface area contributed by atoms with E-state index >= 15 is 0 Å². The molecule has 0 fully saturated rings. The van der Waals surface area contributed by atoms with Gasteiger partial charge in [0.2, 0.25) is 0 Å². The number of carbonyl (C=O) groups excluding carboxylic acids is 1. The molecule has 1 aromatic rings. The topological polar surface area (TPSA) is 84.1 Å². The van der Waals surface area contributed by atoms with Gasteiger partial charge in [0.1, 0.15) is 0 Å². The maximum Gasteiger partial charge on any atom is 0.274 e. The molecule has 1 heterocycles. The number of nitrogen functional groups attached to an aromatic ring is 1. The molecule has 3 N–H and O–H groups in total. The van der Waals surface area contributed by atoms with Crippen molar-refractivity contribution in [3.8, 4) is 0 Å². The summed E-state index contributed by atoms with van der Waals surface area (Å²) in [6.07, 6.45) is 0.866. The van der Waals surface area contributed by atoms with Gasteiger partial charge < -0.3 is 10.3 Å². The number of hydrogen-bond donors (Lipinski definition) is 2. The molecule has 17 heavy (non-hydrogen) atoms. The lowest BCUT2D eigenvalue weighted by Gasteiger charge is -2.34. The van der Waals surface area contributed by atoms with Gasteiger partial charge in [-0.2, -0.15) is 0 Å². The summed E-state index contributed by atoms with van der Waals surface area (Å²) >= 11 is 0. The summed E-state index contributed by atoms with van der Waals surface area (Å²) in [5.41, 5.74) is 2.47. The second-order valence-corrected chi connectivity index (χ2v) is 4.48. The van der Waals surface area contributed by atoms with E-state index in [0.717, 1.165) is 6.42 Å². The van der Waals surface area contributed by atoms with Crippen LogP contribution in [0.3, 0.4) is 0 Å². The zero-order chi connectivity index (χ0) is 13.1. The fraction of sp³-hybridized carbons (Fsp3) is 0.545. The SMILES string of the molecule is CCC(C)(C)N(C)C(=O)c1ccc(NN)nn1. The number of nitrogens with one attached hydrogen (secondary N) is 1. The first kappa shape index (κ1) is 13.4. The molecular formula is C11H19N5O. The summed E-state index contributed by atoms with van der Waals surface area (Å²) in [5.74, 6) is 5.46. The van der Waals surface area contributed by atoms with Crippen molar-refractivity contribution in [1.29, 1.82) is 0 Å². The largest absolute Gasteiger partial charge is 0.335 e. The van der Waals surface area contributed by atoms with E-state index in [2.05, 4.69) is 15.6 Å². The van der Waals surface area contributed by atoms with Crippen LogP contribution in [0, 0.1) is 0 Å². The standard InChI is InChI=1S/C11H19N5O/c1-5-11(2,3)16(4)10(17)8-6-7-9(13-12)15-14-8/h6-7H,5,12H2,1-4H3,(H,13,15). The van der Waals surface area contributed by atoms with E-state index in [4.69, 9.17) is 5.84 Å². The van der Waals surface area contributed by atoms with E-state index in [1.54, 1.807) is 24.1 Å². The van der Waals surface area contributed by atoms with Crippen LogP contribution >= 0.6 is 0 Å². The van der Waals surface area contributed by atoms with Crippen molar-refractivity contribution in [3.63, 3.8) is 0 Å². The average Bonchev–Trinajstić information content (AvgIpc) is 2.37. The average molecular weight is 237 g/mol. The molecule has 0 aliphatic heterocycles. The Kier molecular flexibility index (Phi) is 4.01. The maximum absolute atomic E-state index is 12.1. The zero-order valence-corrected chi connectivity index (χ0v) is 10.7. The summed E-state index contributed by atoms with van der Waals surface area (Å²) in [7, 11) is 1.77. The van der Waals surface area contributed by atoms with Crippen LogP contribution in [0.15, 0.2) is 12.1 Å². The fourth-order valence-electron chi connectivity index (χ4n) is 1.21. The molecule has 6 heteroatoms. The van der Waals surface area contributed by atoms with Crippen LogP contribution in [-0.2, 0) is 0 Å². The van der Waals surface area contributed by atoms with E-state index in [1.807, 2.05) is 20.8 Å². The molecule has 0 aliphatic carbocycles. The highest BCUT2D eigenvalue weighted by atomic mass is 16.2. The van der Waals surface area contributed by atoms with Gasteiger partial charge in [0.15, 0.2) is 11.5 Å². The van der Waals surface area contributed by atoms with Crippen LogP contribution in [0.2, 0.25) is 0 Å². The van der Waals surface area contributed by atoms with Crippen molar-refractivity contribution >= 4 is 11.7 Å². The van der Waals surface area contributed by atoms with Crippen LogP contribution in [0.4, 0.5) is 5.82 Å². The molecule has 1 rings (SSSR count).